The summed E-state index contributed by atoms with van der Waals surface area (Å²) in [7, 11) is 0. The van der Waals surface area contributed by atoms with Gasteiger partial charge in [0.2, 0.25) is 12.4 Å². The number of esters is 2. The van der Waals surface area contributed by atoms with Crippen molar-refractivity contribution in [1.82, 2.24) is 14.6 Å². The first-order chi connectivity index (χ1) is 15.2. The molecule has 2 N–H and O–H groups in total. The van der Waals surface area contributed by atoms with E-state index in [4.69, 9.17) is 14.2 Å². The Balaban J connectivity index is 1.90. The van der Waals surface area contributed by atoms with Gasteiger partial charge < -0.3 is 24.1 Å². The van der Waals surface area contributed by atoms with Crippen molar-refractivity contribution in [2.24, 2.45) is 0 Å². The van der Waals surface area contributed by atoms with Crippen molar-refractivity contribution < 1.29 is 38.4 Å². The maximum Gasteiger partial charge on any atom is 0.415 e. The SMILES string of the molecule is [CH2][C@H]1O[C@@](C#N)(c2ccc3c(NC(=O)OCOC(C)=O)ncnn23)[C@H](O)[C@@H]1OC(=O)CC. The first-order valence-electron chi connectivity index (χ1n) is 9.43. The van der Waals surface area contributed by atoms with Crippen LogP contribution in [-0.4, -0.2) is 62.8 Å². The van der Waals surface area contributed by atoms with E-state index in [-0.39, 0.29) is 23.4 Å². The maximum absolute atomic E-state index is 11.9. The molecule has 3 heterocycles. The molecule has 1 aliphatic rings. The molecule has 169 valence electrons. The summed E-state index contributed by atoms with van der Waals surface area (Å²) in [6.45, 7) is 5.88. The van der Waals surface area contributed by atoms with Gasteiger partial charge >= 0.3 is 18.0 Å². The van der Waals surface area contributed by atoms with Gasteiger partial charge in [-0.15, -0.1) is 0 Å². The molecule has 1 amide bonds. The van der Waals surface area contributed by atoms with E-state index in [1.807, 2.05) is 6.07 Å². The zero-order chi connectivity index (χ0) is 23.5. The van der Waals surface area contributed by atoms with Crippen LogP contribution in [0.1, 0.15) is 26.0 Å². The zero-order valence-electron chi connectivity index (χ0n) is 17.2. The normalized spacial score (nSPS) is 24.5. The number of aliphatic hydroxyl groups excluding tert-OH is 1. The second-order valence-electron chi connectivity index (χ2n) is 6.69. The highest BCUT2D eigenvalue weighted by molar-refractivity contribution is 5.88. The number of hydrogen-bond acceptors (Lipinski definition) is 11. The number of rotatable bonds is 6. The molecule has 13 heteroatoms. The van der Waals surface area contributed by atoms with Crippen molar-refractivity contribution in [3.05, 3.63) is 31.1 Å². The molecule has 32 heavy (non-hydrogen) atoms. The van der Waals surface area contributed by atoms with E-state index in [2.05, 4.69) is 27.1 Å². The fourth-order valence-corrected chi connectivity index (χ4v) is 3.16. The number of amides is 1. The maximum atomic E-state index is 11.9. The van der Waals surface area contributed by atoms with Crippen LogP contribution >= 0.6 is 0 Å². The lowest BCUT2D eigenvalue weighted by Crippen LogP contribution is -2.42. The van der Waals surface area contributed by atoms with Crippen molar-refractivity contribution >= 4 is 29.4 Å². The highest BCUT2D eigenvalue weighted by atomic mass is 16.7. The number of nitriles is 1. The number of hydrogen-bond donors (Lipinski definition) is 2. The van der Waals surface area contributed by atoms with Gasteiger partial charge in [0.15, 0.2) is 11.9 Å². The number of nitrogens with one attached hydrogen (secondary N) is 1. The van der Waals surface area contributed by atoms with Crippen molar-refractivity contribution in [3.8, 4) is 6.07 Å². The fourth-order valence-electron chi connectivity index (χ4n) is 3.16. The molecule has 1 fully saturated rings. The van der Waals surface area contributed by atoms with Crippen LogP contribution in [0.4, 0.5) is 10.6 Å². The Kier molecular flexibility index (Phi) is 6.56. The first-order valence-corrected chi connectivity index (χ1v) is 9.43. The van der Waals surface area contributed by atoms with Gasteiger partial charge in [-0.2, -0.15) is 10.4 Å². The number of carbonyl (C=O) groups is 3. The van der Waals surface area contributed by atoms with E-state index >= 15 is 0 Å². The number of nitrogens with zero attached hydrogens (tertiary/aromatic N) is 4. The number of carbonyl (C=O) groups excluding carboxylic acids is 3. The quantitative estimate of drug-likeness (QED) is 0.465. The summed E-state index contributed by atoms with van der Waals surface area (Å²) in [6.07, 6.45) is -3.56. The van der Waals surface area contributed by atoms with Crippen LogP contribution in [0.25, 0.3) is 5.52 Å². The average molecular weight is 446 g/mol. The molecular weight excluding hydrogens is 426 g/mol. The van der Waals surface area contributed by atoms with Gasteiger partial charge in [-0.3, -0.25) is 14.9 Å². The summed E-state index contributed by atoms with van der Waals surface area (Å²) >= 11 is 0. The predicted molar refractivity (Wildman–Crippen MR) is 103 cm³/mol. The molecule has 1 radical (unpaired) electrons. The second kappa shape index (κ2) is 9.16. The molecule has 0 spiro atoms. The third-order valence-corrected chi connectivity index (χ3v) is 4.66. The number of aliphatic hydroxyl groups is 1. The van der Waals surface area contributed by atoms with Gasteiger partial charge in [-0.05, 0) is 19.1 Å². The highest BCUT2D eigenvalue weighted by Gasteiger charge is 2.58. The van der Waals surface area contributed by atoms with E-state index < -0.39 is 48.7 Å². The molecule has 2 aromatic rings. The minimum atomic E-state index is -1.96. The summed E-state index contributed by atoms with van der Waals surface area (Å²) in [6, 6.07) is 4.86. The molecule has 1 aliphatic heterocycles. The molecule has 0 aromatic carbocycles. The molecule has 0 bridgehead atoms. The topological polar surface area (TPSA) is 174 Å². The van der Waals surface area contributed by atoms with Gasteiger partial charge in [0.1, 0.15) is 30.1 Å². The van der Waals surface area contributed by atoms with Gasteiger partial charge in [-0.25, -0.2) is 14.3 Å². The lowest BCUT2D eigenvalue weighted by molar-refractivity contribution is -0.154. The third kappa shape index (κ3) is 4.18. The molecule has 0 aliphatic carbocycles. The molecule has 4 atom stereocenters. The van der Waals surface area contributed by atoms with Crippen molar-refractivity contribution in [1.29, 1.82) is 5.26 Å². The standard InChI is InChI=1S/C19H20N5O8/c1-4-14(26)31-15-10(2)32-19(7-20,16(15)27)13-6-5-12-17(21-8-22-24(12)13)23-18(28)30-9-29-11(3)25/h5-6,8,10,15-16,27H,2,4,9H2,1,3H3,(H,21,22,23,28)/t10-,15-,16-,19+/m1/s1. The van der Waals surface area contributed by atoms with E-state index in [1.54, 1.807) is 6.92 Å². The Hall–Kier alpha value is -3.76. The Labute approximate surface area is 181 Å². The second-order valence-corrected chi connectivity index (χ2v) is 6.69. The smallest absolute Gasteiger partial charge is 0.415 e. The Bertz CT molecular complexity index is 1080. The minimum Gasteiger partial charge on any atom is -0.457 e. The molecule has 0 unspecified atom stereocenters. The highest BCUT2D eigenvalue weighted by Crippen LogP contribution is 2.41. The summed E-state index contributed by atoms with van der Waals surface area (Å²) < 4.78 is 21.3. The monoisotopic (exact) mass is 446 g/mol. The number of ether oxygens (including phenoxy) is 4. The number of fused-ring (bicyclic) bond motifs is 1. The van der Waals surface area contributed by atoms with Crippen LogP contribution in [0.3, 0.4) is 0 Å². The Morgan fingerprint density at radius 3 is 2.81 bits per heavy atom. The van der Waals surface area contributed by atoms with Gasteiger partial charge in [0.05, 0.1) is 5.69 Å². The lowest BCUT2D eigenvalue weighted by atomic mass is 9.92. The summed E-state index contributed by atoms with van der Waals surface area (Å²) in [4.78, 5) is 38.3. The van der Waals surface area contributed by atoms with Gasteiger partial charge in [0.25, 0.3) is 0 Å². The first kappa shape index (κ1) is 22.9. The largest absolute Gasteiger partial charge is 0.457 e. The van der Waals surface area contributed by atoms with Crippen LogP contribution in [0, 0.1) is 18.3 Å². The number of anilines is 1. The predicted octanol–water partition coefficient (Wildman–Crippen LogP) is 0.433. The lowest BCUT2D eigenvalue weighted by Gasteiger charge is -2.24. The zero-order valence-corrected chi connectivity index (χ0v) is 17.2. The molecule has 1 saturated heterocycles. The van der Waals surface area contributed by atoms with Crippen LogP contribution in [0.15, 0.2) is 18.5 Å². The summed E-state index contributed by atoms with van der Waals surface area (Å²) in [5, 5.41) is 27.2. The third-order valence-electron chi connectivity index (χ3n) is 4.66. The van der Waals surface area contributed by atoms with Crippen LogP contribution in [0.2, 0.25) is 0 Å². The van der Waals surface area contributed by atoms with Crippen LogP contribution < -0.4 is 5.32 Å². The molecular formula is C19H20N5O8. The van der Waals surface area contributed by atoms with Gasteiger partial charge in [-0.1, -0.05) is 6.92 Å². The van der Waals surface area contributed by atoms with E-state index in [1.165, 1.54) is 16.6 Å². The van der Waals surface area contributed by atoms with E-state index in [0.29, 0.717) is 0 Å². The minimum absolute atomic E-state index is 0.0137. The van der Waals surface area contributed by atoms with E-state index in [0.717, 1.165) is 13.3 Å². The molecule has 2 aromatic heterocycles. The summed E-state index contributed by atoms with van der Waals surface area (Å²) in [5.41, 5.74) is -1.61. The Morgan fingerprint density at radius 1 is 1.41 bits per heavy atom. The van der Waals surface area contributed by atoms with Crippen molar-refractivity contribution in [3.63, 3.8) is 0 Å². The Morgan fingerprint density at radius 2 is 2.16 bits per heavy atom. The molecule has 3 rings (SSSR count). The van der Waals surface area contributed by atoms with Crippen LogP contribution in [0.5, 0.6) is 0 Å². The van der Waals surface area contributed by atoms with E-state index in [9.17, 15) is 24.8 Å². The van der Waals surface area contributed by atoms with Crippen molar-refractivity contribution in [2.45, 2.75) is 44.2 Å². The molecule has 0 saturated carbocycles. The molecule has 13 nitrogen and oxygen atoms in total. The number of aromatic nitrogens is 3. The fraction of sp³-hybridized carbons (Fsp3) is 0.421. The average Bonchev–Trinajstić information content (AvgIpc) is 3.29. The summed E-state index contributed by atoms with van der Waals surface area (Å²) in [5.74, 6) is -1.19. The van der Waals surface area contributed by atoms with Gasteiger partial charge in [0, 0.05) is 13.3 Å². The van der Waals surface area contributed by atoms with Crippen molar-refractivity contribution in [2.75, 3.05) is 12.1 Å². The van der Waals surface area contributed by atoms with Crippen LogP contribution in [-0.2, 0) is 34.1 Å².